The normalized spacial score (nSPS) is 15.0. The van der Waals surface area contributed by atoms with E-state index in [-0.39, 0.29) is 16.4 Å². The van der Waals surface area contributed by atoms with Gasteiger partial charge < -0.3 is 15.2 Å². The molecule has 1 aliphatic rings. The molecule has 0 bridgehead atoms. The molecule has 2 aromatic carbocycles. The molecule has 7 nitrogen and oxygen atoms in total. The molecule has 0 unspecified atom stereocenters. The van der Waals surface area contributed by atoms with Crippen LogP contribution in [-0.2, 0) is 9.59 Å². The Balaban J connectivity index is 1.73. The summed E-state index contributed by atoms with van der Waals surface area (Å²) in [5.41, 5.74) is -0.154. The number of carbonyl (C=O) groups excluding carboxylic acids is 3. The number of amides is 3. The summed E-state index contributed by atoms with van der Waals surface area (Å²) in [6, 6.07) is 5.80. The molecule has 3 rings (SSSR count). The van der Waals surface area contributed by atoms with Gasteiger partial charge in [0.1, 0.15) is 6.54 Å². The molecule has 1 heterocycles. The topological polar surface area (TPSA) is 95.9 Å². The monoisotopic (exact) mass is 452 g/mol. The molecule has 0 atom stereocenters. The predicted molar refractivity (Wildman–Crippen MR) is 107 cm³/mol. The highest BCUT2D eigenvalue weighted by Gasteiger charge is 2.36. The van der Waals surface area contributed by atoms with Crippen molar-refractivity contribution in [3.8, 4) is 11.5 Å². The second-order valence-electron chi connectivity index (χ2n) is 6.20. The van der Waals surface area contributed by atoms with Crippen molar-refractivity contribution in [3.63, 3.8) is 0 Å². The number of hydrogen-bond donors (Lipinski definition) is 2. The number of benzene rings is 2. The van der Waals surface area contributed by atoms with Crippen LogP contribution in [-0.4, -0.2) is 40.2 Å². The minimum Gasteiger partial charge on any atom is -0.504 e. The zero-order valence-electron chi connectivity index (χ0n) is 15.9. The smallest absolute Gasteiger partial charge is 0.294 e. The van der Waals surface area contributed by atoms with E-state index in [1.165, 1.54) is 24.3 Å². The predicted octanol–water partition coefficient (Wildman–Crippen LogP) is 3.88. The molecule has 31 heavy (non-hydrogen) atoms. The van der Waals surface area contributed by atoms with E-state index in [1.807, 2.05) is 5.32 Å². The molecule has 2 N–H and O–H groups in total. The fourth-order valence-electron chi connectivity index (χ4n) is 2.64. The zero-order valence-corrected chi connectivity index (χ0v) is 16.8. The van der Waals surface area contributed by atoms with Gasteiger partial charge in [-0.2, -0.15) is 0 Å². The summed E-state index contributed by atoms with van der Waals surface area (Å²) >= 11 is 0.587. The van der Waals surface area contributed by atoms with Crippen LogP contribution in [0.5, 0.6) is 11.5 Å². The first-order valence-electron chi connectivity index (χ1n) is 8.85. The van der Waals surface area contributed by atoms with Gasteiger partial charge in [0.05, 0.1) is 17.2 Å². The Bertz CT molecular complexity index is 1110. The summed E-state index contributed by atoms with van der Waals surface area (Å²) in [7, 11) is 0. The summed E-state index contributed by atoms with van der Waals surface area (Å²) in [5, 5.41) is 11.0. The Morgan fingerprint density at radius 1 is 1.19 bits per heavy atom. The first kappa shape index (κ1) is 22.2. The standard InChI is InChI=1S/C20H15F3N2O5S/c1-2-30-14-7-10(3-6-13(14)26)8-15-19(28)25(20(29)31-15)9-16(27)24-12-5-4-11(21)17(22)18(12)23/h3-8,26H,2,9H2,1H3,(H,24,27). The molecule has 1 aliphatic heterocycles. The Morgan fingerprint density at radius 3 is 2.65 bits per heavy atom. The van der Waals surface area contributed by atoms with Crippen molar-refractivity contribution in [2.24, 2.45) is 0 Å². The van der Waals surface area contributed by atoms with E-state index < -0.39 is 46.7 Å². The molecule has 3 amide bonds. The van der Waals surface area contributed by atoms with E-state index in [1.54, 1.807) is 6.92 Å². The van der Waals surface area contributed by atoms with Gasteiger partial charge in [0, 0.05) is 0 Å². The number of nitrogens with one attached hydrogen (secondary N) is 1. The lowest BCUT2D eigenvalue weighted by atomic mass is 10.2. The summed E-state index contributed by atoms with van der Waals surface area (Å²) in [6.07, 6.45) is 1.39. The number of aromatic hydroxyl groups is 1. The van der Waals surface area contributed by atoms with Crippen LogP contribution in [0, 0.1) is 17.5 Å². The van der Waals surface area contributed by atoms with Crippen LogP contribution in [0.25, 0.3) is 6.08 Å². The van der Waals surface area contributed by atoms with Crippen molar-refractivity contribution >= 4 is 40.6 Å². The number of phenolic OH excluding ortho intramolecular Hbond substituents is 1. The number of ether oxygens (including phenoxy) is 1. The Kier molecular flexibility index (Phi) is 6.54. The van der Waals surface area contributed by atoms with Gasteiger partial charge in [-0.1, -0.05) is 6.07 Å². The van der Waals surface area contributed by atoms with E-state index in [0.717, 1.165) is 6.07 Å². The van der Waals surface area contributed by atoms with Gasteiger partial charge in [-0.15, -0.1) is 0 Å². The molecular formula is C20H15F3N2O5S. The molecule has 0 saturated carbocycles. The molecule has 0 spiro atoms. The fourth-order valence-corrected chi connectivity index (χ4v) is 3.47. The number of carbonyl (C=O) groups is 3. The highest BCUT2D eigenvalue weighted by atomic mass is 32.2. The molecule has 1 fully saturated rings. The SMILES string of the molecule is CCOc1cc(C=C2SC(=O)N(CC(=O)Nc3ccc(F)c(F)c3F)C2=O)ccc1O. The van der Waals surface area contributed by atoms with E-state index in [9.17, 15) is 32.7 Å². The van der Waals surface area contributed by atoms with E-state index in [0.29, 0.717) is 34.9 Å². The quantitative estimate of drug-likeness (QED) is 0.510. The number of anilines is 1. The third kappa shape index (κ3) is 4.82. The second-order valence-corrected chi connectivity index (χ2v) is 7.19. The number of rotatable bonds is 6. The molecule has 2 aromatic rings. The van der Waals surface area contributed by atoms with Crippen LogP contribution < -0.4 is 10.1 Å². The minimum atomic E-state index is -1.76. The molecule has 0 aliphatic carbocycles. The number of nitrogens with zero attached hydrogens (tertiary/aromatic N) is 1. The third-order valence-corrected chi connectivity index (χ3v) is 4.97. The van der Waals surface area contributed by atoms with Crippen LogP contribution >= 0.6 is 11.8 Å². The molecule has 11 heteroatoms. The van der Waals surface area contributed by atoms with Gasteiger partial charge in [-0.05, 0) is 54.6 Å². The maximum absolute atomic E-state index is 13.7. The third-order valence-electron chi connectivity index (χ3n) is 4.07. The first-order chi connectivity index (χ1) is 14.7. The Hall–Kier alpha value is -3.47. The molecule has 1 saturated heterocycles. The van der Waals surface area contributed by atoms with Gasteiger partial charge in [0.25, 0.3) is 11.1 Å². The maximum atomic E-state index is 13.7. The second kappa shape index (κ2) is 9.13. The summed E-state index contributed by atoms with van der Waals surface area (Å²) in [5.74, 6) is -6.41. The number of phenols is 1. The lowest BCUT2D eigenvalue weighted by Gasteiger charge is -2.13. The van der Waals surface area contributed by atoms with Crippen LogP contribution in [0.15, 0.2) is 35.2 Å². The number of thioether (sulfide) groups is 1. The van der Waals surface area contributed by atoms with Crippen LogP contribution in [0.4, 0.5) is 23.7 Å². The van der Waals surface area contributed by atoms with Gasteiger partial charge >= 0.3 is 0 Å². The molecule has 0 aromatic heterocycles. The number of halogens is 3. The van der Waals surface area contributed by atoms with E-state index in [2.05, 4.69) is 0 Å². The number of hydrogen-bond acceptors (Lipinski definition) is 6. The van der Waals surface area contributed by atoms with E-state index >= 15 is 0 Å². The molecule has 0 radical (unpaired) electrons. The van der Waals surface area contributed by atoms with Crippen LogP contribution in [0.3, 0.4) is 0 Å². The fraction of sp³-hybridized carbons (Fsp3) is 0.150. The Morgan fingerprint density at radius 2 is 1.94 bits per heavy atom. The minimum absolute atomic E-state index is 0.0185. The van der Waals surface area contributed by atoms with Crippen molar-refractivity contribution in [2.75, 3.05) is 18.5 Å². The average Bonchev–Trinajstić information content (AvgIpc) is 2.98. The largest absolute Gasteiger partial charge is 0.504 e. The molecular weight excluding hydrogens is 437 g/mol. The average molecular weight is 452 g/mol. The first-order valence-corrected chi connectivity index (χ1v) is 9.67. The van der Waals surface area contributed by atoms with Crippen LogP contribution in [0.2, 0.25) is 0 Å². The lowest BCUT2D eigenvalue weighted by Crippen LogP contribution is -2.36. The zero-order chi connectivity index (χ0) is 22.7. The van der Waals surface area contributed by atoms with Gasteiger partial charge in [0.15, 0.2) is 29.0 Å². The highest BCUT2D eigenvalue weighted by molar-refractivity contribution is 8.18. The van der Waals surface area contributed by atoms with Gasteiger partial charge in [0.2, 0.25) is 5.91 Å². The van der Waals surface area contributed by atoms with Crippen molar-refractivity contribution < 1.29 is 37.4 Å². The van der Waals surface area contributed by atoms with E-state index in [4.69, 9.17) is 4.74 Å². The van der Waals surface area contributed by atoms with Crippen molar-refractivity contribution in [3.05, 3.63) is 58.3 Å². The van der Waals surface area contributed by atoms with Crippen molar-refractivity contribution in [1.29, 1.82) is 0 Å². The van der Waals surface area contributed by atoms with Crippen molar-refractivity contribution in [2.45, 2.75) is 6.92 Å². The van der Waals surface area contributed by atoms with Crippen LogP contribution in [0.1, 0.15) is 12.5 Å². The number of imide groups is 1. The Labute approximate surface area is 178 Å². The molecule has 162 valence electrons. The van der Waals surface area contributed by atoms with Gasteiger partial charge in [-0.3, -0.25) is 19.3 Å². The highest BCUT2D eigenvalue weighted by Crippen LogP contribution is 2.34. The summed E-state index contributed by atoms with van der Waals surface area (Å²) in [6.45, 7) is 1.29. The lowest BCUT2D eigenvalue weighted by molar-refractivity contribution is -0.127. The van der Waals surface area contributed by atoms with Gasteiger partial charge in [-0.25, -0.2) is 13.2 Å². The maximum Gasteiger partial charge on any atom is 0.294 e. The van der Waals surface area contributed by atoms with Crippen molar-refractivity contribution in [1.82, 2.24) is 4.90 Å². The summed E-state index contributed by atoms with van der Waals surface area (Å²) in [4.78, 5) is 37.4. The summed E-state index contributed by atoms with van der Waals surface area (Å²) < 4.78 is 45.2.